The van der Waals surface area contributed by atoms with Crippen LogP contribution in [0.3, 0.4) is 0 Å². The summed E-state index contributed by atoms with van der Waals surface area (Å²) in [7, 11) is -4.32. The number of esters is 1. The Hall–Kier alpha value is -2.00. The lowest BCUT2D eigenvalue weighted by Gasteiger charge is -2.19. The van der Waals surface area contributed by atoms with Gasteiger partial charge in [0.1, 0.15) is 6.61 Å². The number of allylic oxidation sites excluding steroid dienone is 8. The van der Waals surface area contributed by atoms with Crippen LogP contribution >= 0.6 is 7.82 Å². The van der Waals surface area contributed by atoms with Gasteiger partial charge in [-0.15, -0.1) is 0 Å². The number of unbranched alkanes of at least 4 members (excludes halogenated alkanes) is 15. The van der Waals surface area contributed by atoms with Crippen LogP contribution in [0.4, 0.5) is 0 Å². The van der Waals surface area contributed by atoms with Crippen LogP contribution in [0, 0.1) is 0 Å². The van der Waals surface area contributed by atoms with Gasteiger partial charge in [-0.3, -0.25) is 13.8 Å². The zero-order valence-electron chi connectivity index (χ0n) is 32.2. The average molecular weight is 740 g/mol. The molecule has 51 heavy (non-hydrogen) atoms. The van der Waals surface area contributed by atoms with Crippen molar-refractivity contribution in [3.05, 3.63) is 60.9 Å². The quantitative estimate of drug-likeness (QED) is 0.0142. The van der Waals surface area contributed by atoms with Crippen LogP contribution < -0.4 is 5.73 Å². The van der Waals surface area contributed by atoms with Crippen LogP contribution in [0.25, 0.3) is 0 Å². The first-order chi connectivity index (χ1) is 24.8. The molecule has 296 valence electrons. The molecule has 10 heteroatoms. The summed E-state index contributed by atoms with van der Waals surface area (Å²) in [5.41, 5.74) is 5.34. The molecule has 4 N–H and O–H groups in total. The second kappa shape index (κ2) is 37.7. The molecular weight excluding hydrogens is 665 g/mol. The third-order valence-electron chi connectivity index (χ3n) is 8.09. The van der Waals surface area contributed by atoms with Crippen LogP contribution in [-0.2, 0) is 27.9 Å². The van der Waals surface area contributed by atoms with Crippen molar-refractivity contribution in [3.8, 4) is 0 Å². The largest absolute Gasteiger partial charge is 0.498 e. The molecule has 0 aromatic carbocycles. The van der Waals surface area contributed by atoms with E-state index in [0.717, 1.165) is 64.2 Å². The molecule has 0 radical (unpaired) electrons. The first-order valence-electron chi connectivity index (χ1n) is 19.9. The smallest absolute Gasteiger partial charge is 0.472 e. The molecule has 0 heterocycles. The molecule has 0 spiro atoms. The fourth-order valence-electron chi connectivity index (χ4n) is 5.14. The van der Waals surface area contributed by atoms with Crippen molar-refractivity contribution in [2.24, 2.45) is 5.73 Å². The minimum Gasteiger partial charge on any atom is -0.498 e. The summed E-state index contributed by atoms with van der Waals surface area (Å²) in [5, 5.41) is 10.1. The van der Waals surface area contributed by atoms with Gasteiger partial charge in [-0.05, 0) is 70.3 Å². The minimum absolute atomic E-state index is 0.00727. The Morgan fingerprint density at radius 3 is 2.02 bits per heavy atom. The molecule has 0 aromatic heterocycles. The van der Waals surface area contributed by atoms with Crippen molar-refractivity contribution in [3.63, 3.8) is 0 Å². The summed E-state index contributed by atoms with van der Waals surface area (Å²) in [6.07, 6.45) is 42.0. The number of hydrogen-bond acceptors (Lipinski definition) is 8. The molecule has 3 atom stereocenters. The molecule has 0 aliphatic heterocycles. The van der Waals surface area contributed by atoms with E-state index < -0.39 is 26.0 Å². The Bertz CT molecular complexity index is 981. The second-order valence-corrected chi connectivity index (χ2v) is 14.5. The number of carbonyl (C=O) groups is 1. The van der Waals surface area contributed by atoms with E-state index in [0.29, 0.717) is 12.8 Å². The van der Waals surface area contributed by atoms with Gasteiger partial charge >= 0.3 is 13.8 Å². The summed E-state index contributed by atoms with van der Waals surface area (Å²) in [6.45, 7) is 3.96. The maximum absolute atomic E-state index is 12.5. The zero-order chi connectivity index (χ0) is 37.5. The number of phosphoric acid groups is 1. The van der Waals surface area contributed by atoms with E-state index in [9.17, 15) is 19.4 Å². The first-order valence-corrected chi connectivity index (χ1v) is 21.4. The van der Waals surface area contributed by atoms with Gasteiger partial charge in [0, 0.05) is 13.0 Å². The third-order valence-corrected chi connectivity index (χ3v) is 9.07. The average Bonchev–Trinajstić information content (AvgIpc) is 3.11. The van der Waals surface area contributed by atoms with E-state index in [1.54, 1.807) is 6.26 Å². The Morgan fingerprint density at radius 1 is 0.725 bits per heavy atom. The highest BCUT2D eigenvalue weighted by atomic mass is 31.2. The number of nitrogens with two attached hydrogens (primary N) is 1. The fraction of sp³-hybridized carbons (Fsp3) is 0.732. The lowest BCUT2D eigenvalue weighted by molar-refractivity contribution is -0.153. The lowest BCUT2D eigenvalue weighted by atomic mass is 10.1. The number of hydrogen-bond donors (Lipinski definition) is 3. The predicted molar refractivity (Wildman–Crippen MR) is 211 cm³/mol. The Labute approximate surface area is 311 Å². The highest BCUT2D eigenvalue weighted by Gasteiger charge is 2.25. The van der Waals surface area contributed by atoms with Crippen LogP contribution in [0.1, 0.15) is 155 Å². The lowest BCUT2D eigenvalue weighted by Crippen LogP contribution is -2.27. The van der Waals surface area contributed by atoms with Gasteiger partial charge in [-0.25, -0.2) is 4.57 Å². The molecule has 2 unspecified atom stereocenters. The number of phosphoric ester groups is 1. The molecule has 0 saturated heterocycles. The number of rotatable bonds is 37. The standard InChI is InChI=1S/C41H74NO8P/c1-3-5-7-9-11-12-13-14-15-16-17-18-19-21-26-30-35-47-37-40(38-49-51(45,46)48-36-34-42)50-41(44)33-29-25-22-24-28-32-39(43)31-27-23-20-10-8-6-4-2/h6,8,14-15,20,23,27,30-31,35,39-40,43H,3-5,7,9-13,16-19,21-22,24-26,28-29,32-34,36-38,42H2,1-2H3,(H,45,46)/b8-6+,15-14-,23-20+,31-27+,35-30+/t39?,40-/m1/s1. The molecule has 9 nitrogen and oxygen atoms in total. The summed E-state index contributed by atoms with van der Waals surface area (Å²) < 4.78 is 33.0. The molecule has 0 bridgehead atoms. The van der Waals surface area contributed by atoms with Crippen LogP contribution in [0.2, 0.25) is 0 Å². The molecular formula is C41H74NO8P. The summed E-state index contributed by atoms with van der Waals surface area (Å²) >= 11 is 0. The summed E-state index contributed by atoms with van der Waals surface area (Å²) in [4.78, 5) is 22.4. The van der Waals surface area contributed by atoms with E-state index in [4.69, 9.17) is 24.3 Å². The van der Waals surface area contributed by atoms with Crippen molar-refractivity contribution < 1.29 is 37.9 Å². The molecule has 0 fully saturated rings. The van der Waals surface area contributed by atoms with Crippen molar-refractivity contribution in [2.75, 3.05) is 26.4 Å². The number of carbonyl (C=O) groups excluding carboxylic acids is 1. The number of aliphatic hydroxyl groups is 1. The highest BCUT2D eigenvalue weighted by Crippen LogP contribution is 2.43. The van der Waals surface area contributed by atoms with Gasteiger partial charge in [-0.2, -0.15) is 0 Å². The van der Waals surface area contributed by atoms with Crippen molar-refractivity contribution in [1.82, 2.24) is 0 Å². The SMILES string of the molecule is CC/C=C/C/C=C/C=C/C(O)CCCCCCCC(=O)O[C@H](CO/C=C/CCCCCC/C=C\CCCCCCCC)COP(=O)(O)OCCN. The van der Waals surface area contributed by atoms with Crippen molar-refractivity contribution >= 4 is 13.8 Å². The summed E-state index contributed by atoms with van der Waals surface area (Å²) in [5.74, 6) is -0.414. The van der Waals surface area contributed by atoms with Crippen LogP contribution in [0.15, 0.2) is 60.9 Å². The second-order valence-electron chi connectivity index (χ2n) is 13.0. The third kappa shape index (κ3) is 37.6. The fourth-order valence-corrected chi connectivity index (χ4v) is 5.90. The zero-order valence-corrected chi connectivity index (χ0v) is 33.1. The maximum atomic E-state index is 12.5. The van der Waals surface area contributed by atoms with Crippen molar-refractivity contribution in [1.29, 1.82) is 0 Å². The molecule has 0 aliphatic carbocycles. The van der Waals surface area contributed by atoms with Gasteiger partial charge in [0.2, 0.25) is 0 Å². The van der Waals surface area contributed by atoms with Gasteiger partial charge in [-0.1, -0.05) is 133 Å². The number of aliphatic hydroxyl groups excluding tert-OH is 1. The number of ether oxygens (including phenoxy) is 2. The van der Waals surface area contributed by atoms with E-state index in [1.807, 2.05) is 24.3 Å². The van der Waals surface area contributed by atoms with Crippen LogP contribution in [0.5, 0.6) is 0 Å². The monoisotopic (exact) mass is 740 g/mol. The van der Waals surface area contributed by atoms with E-state index in [2.05, 4.69) is 44.2 Å². The summed E-state index contributed by atoms with van der Waals surface area (Å²) in [6, 6.07) is 0. The molecule has 0 rings (SSSR count). The Morgan fingerprint density at radius 2 is 1.35 bits per heavy atom. The van der Waals surface area contributed by atoms with Gasteiger partial charge in [0.15, 0.2) is 6.10 Å². The van der Waals surface area contributed by atoms with Gasteiger partial charge in [0.25, 0.3) is 0 Å². The maximum Gasteiger partial charge on any atom is 0.472 e. The van der Waals surface area contributed by atoms with Gasteiger partial charge in [0.05, 0.1) is 25.6 Å². The topological polar surface area (TPSA) is 138 Å². The molecule has 0 amide bonds. The van der Waals surface area contributed by atoms with Gasteiger partial charge < -0.3 is 25.2 Å². The van der Waals surface area contributed by atoms with Crippen LogP contribution in [-0.4, -0.2) is 54.5 Å². The molecule has 0 aliphatic rings. The van der Waals surface area contributed by atoms with E-state index in [-0.39, 0.29) is 32.8 Å². The first kappa shape index (κ1) is 49.0. The minimum atomic E-state index is -4.32. The normalized spacial score (nSPS) is 14.8. The molecule has 0 aromatic rings. The Balaban J connectivity index is 4.25. The van der Waals surface area contributed by atoms with E-state index >= 15 is 0 Å². The van der Waals surface area contributed by atoms with Crippen molar-refractivity contribution in [2.45, 2.75) is 167 Å². The highest BCUT2D eigenvalue weighted by molar-refractivity contribution is 7.47. The molecule has 0 saturated carbocycles. The Kier molecular flexibility index (Phi) is 36.3. The predicted octanol–water partition coefficient (Wildman–Crippen LogP) is 10.7. The van der Waals surface area contributed by atoms with E-state index in [1.165, 1.54) is 57.8 Å².